The molecule has 0 spiro atoms. The minimum Gasteiger partial charge on any atom is -0.496 e. The van der Waals surface area contributed by atoms with E-state index in [9.17, 15) is 4.79 Å². The number of hydrogen-bond acceptors (Lipinski definition) is 2. The fourth-order valence-electron chi connectivity index (χ4n) is 5.68. The molecule has 1 heterocycles. The molecule has 168 valence electrons. The molecule has 6 rings (SSSR count). The Morgan fingerprint density at radius 2 is 1.74 bits per heavy atom. The van der Waals surface area contributed by atoms with E-state index in [4.69, 9.17) is 4.74 Å². The van der Waals surface area contributed by atoms with Crippen LogP contribution in [-0.2, 0) is 16.6 Å². The lowest BCUT2D eigenvalue weighted by molar-refractivity contribution is -0.118. The Labute approximate surface area is 215 Å². The van der Waals surface area contributed by atoms with Gasteiger partial charge >= 0.3 is 0 Å². The Kier molecular flexibility index (Phi) is 5.16. The molecule has 0 bridgehead atoms. The van der Waals surface area contributed by atoms with Crippen LogP contribution in [0.4, 0.5) is 5.69 Å². The summed E-state index contributed by atoms with van der Waals surface area (Å²) in [6.07, 6.45) is 5.09. The zero-order chi connectivity index (χ0) is 23.4. The van der Waals surface area contributed by atoms with E-state index < -0.39 is 5.41 Å². The van der Waals surface area contributed by atoms with E-state index >= 15 is 0 Å². The van der Waals surface area contributed by atoms with Gasteiger partial charge in [0.05, 0.1) is 18.7 Å². The molecular formula is C29H21Br2NO2. The second-order valence-corrected chi connectivity index (χ2v) is 10.7. The fourth-order valence-corrected chi connectivity index (χ4v) is 7.04. The summed E-state index contributed by atoms with van der Waals surface area (Å²) < 4.78 is 7.46. The molecule has 0 radical (unpaired) electrons. The Morgan fingerprint density at radius 3 is 2.56 bits per heavy atom. The minimum absolute atomic E-state index is 0.0213. The molecule has 1 aliphatic carbocycles. The molecule has 1 aliphatic heterocycles. The number of carbonyl (C=O) groups excluding carboxylic acids is 1. The number of nitrogens with one attached hydrogen (secondary N) is 1. The third-order valence-corrected chi connectivity index (χ3v) is 8.21. The third kappa shape index (κ3) is 3.18. The molecular weight excluding hydrogens is 554 g/mol. The quantitative estimate of drug-likeness (QED) is 0.272. The zero-order valence-corrected chi connectivity index (χ0v) is 21.6. The first-order chi connectivity index (χ1) is 16.5. The van der Waals surface area contributed by atoms with E-state index in [1.54, 1.807) is 7.11 Å². The summed E-state index contributed by atoms with van der Waals surface area (Å²) in [5, 5.41) is 5.38. The number of methoxy groups -OCH3 is 1. The number of carbonyl (C=O) groups is 1. The van der Waals surface area contributed by atoms with E-state index in [-0.39, 0.29) is 11.8 Å². The van der Waals surface area contributed by atoms with Crippen molar-refractivity contribution in [1.29, 1.82) is 0 Å². The highest BCUT2D eigenvalue weighted by Crippen LogP contribution is 2.54. The molecule has 4 aromatic carbocycles. The number of allylic oxidation sites excluding steroid dienone is 1. The fraction of sp³-hybridized carbons (Fsp3) is 0.138. The van der Waals surface area contributed by atoms with Crippen molar-refractivity contribution >= 4 is 60.3 Å². The highest BCUT2D eigenvalue weighted by atomic mass is 79.9. The van der Waals surface area contributed by atoms with E-state index in [0.717, 1.165) is 42.3 Å². The SMILES string of the molecule is COc1ccc(CC2(C3C(=O)Nc4c(Br)cc(Br)cc43)C=Cc3ccccc32)c2ccccc12. The largest absolute Gasteiger partial charge is 0.496 e. The highest BCUT2D eigenvalue weighted by Gasteiger charge is 2.50. The molecule has 0 saturated carbocycles. The first-order valence-electron chi connectivity index (χ1n) is 11.1. The van der Waals surface area contributed by atoms with Gasteiger partial charge in [-0.05, 0) is 68.2 Å². The van der Waals surface area contributed by atoms with Crippen molar-refractivity contribution in [2.24, 2.45) is 0 Å². The van der Waals surface area contributed by atoms with Crippen LogP contribution in [0.1, 0.15) is 28.2 Å². The molecule has 0 fully saturated rings. The van der Waals surface area contributed by atoms with Crippen molar-refractivity contribution < 1.29 is 9.53 Å². The van der Waals surface area contributed by atoms with Crippen LogP contribution >= 0.6 is 31.9 Å². The van der Waals surface area contributed by atoms with Gasteiger partial charge in [-0.25, -0.2) is 0 Å². The molecule has 2 aliphatic rings. The van der Waals surface area contributed by atoms with Gasteiger partial charge in [-0.3, -0.25) is 4.79 Å². The number of halogens is 2. The molecule has 2 atom stereocenters. The summed E-state index contributed by atoms with van der Waals surface area (Å²) in [6, 6.07) is 25.0. The monoisotopic (exact) mass is 573 g/mol. The number of anilines is 1. The van der Waals surface area contributed by atoms with Crippen molar-refractivity contribution in [2.45, 2.75) is 17.8 Å². The van der Waals surface area contributed by atoms with E-state index in [2.05, 4.69) is 104 Å². The van der Waals surface area contributed by atoms with Crippen LogP contribution in [-0.4, -0.2) is 13.0 Å². The van der Waals surface area contributed by atoms with Gasteiger partial charge in [0.15, 0.2) is 0 Å². The van der Waals surface area contributed by atoms with Crippen molar-refractivity contribution in [2.75, 3.05) is 12.4 Å². The molecule has 5 heteroatoms. The lowest BCUT2D eigenvalue weighted by Gasteiger charge is -2.35. The molecule has 1 N–H and O–H groups in total. The summed E-state index contributed by atoms with van der Waals surface area (Å²) in [5.74, 6) is 0.512. The van der Waals surface area contributed by atoms with Crippen molar-refractivity contribution in [3.05, 3.63) is 110 Å². The number of hydrogen-bond donors (Lipinski definition) is 1. The molecule has 1 amide bonds. The van der Waals surface area contributed by atoms with Crippen molar-refractivity contribution in [3.8, 4) is 5.75 Å². The van der Waals surface area contributed by atoms with Crippen LogP contribution in [0.5, 0.6) is 5.75 Å². The predicted octanol–water partition coefficient (Wildman–Crippen LogP) is 7.62. The number of amides is 1. The topological polar surface area (TPSA) is 38.3 Å². The van der Waals surface area contributed by atoms with Crippen molar-refractivity contribution in [1.82, 2.24) is 0 Å². The smallest absolute Gasteiger partial charge is 0.233 e. The summed E-state index contributed by atoms with van der Waals surface area (Å²) in [7, 11) is 1.70. The number of rotatable bonds is 4. The van der Waals surface area contributed by atoms with E-state index in [1.807, 2.05) is 18.2 Å². The van der Waals surface area contributed by atoms with Gasteiger partial charge in [0, 0.05) is 19.7 Å². The summed E-state index contributed by atoms with van der Waals surface area (Å²) >= 11 is 7.29. The molecule has 4 aromatic rings. The maximum absolute atomic E-state index is 13.6. The lowest BCUT2D eigenvalue weighted by atomic mass is 9.65. The van der Waals surface area contributed by atoms with Gasteiger partial charge < -0.3 is 10.1 Å². The van der Waals surface area contributed by atoms with Crippen LogP contribution in [0.3, 0.4) is 0 Å². The molecule has 3 nitrogen and oxygen atoms in total. The predicted molar refractivity (Wildman–Crippen MR) is 145 cm³/mol. The van der Waals surface area contributed by atoms with Gasteiger partial charge in [0.25, 0.3) is 0 Å². The van der Waals surface area contributed by atoms with Gasteiger partial charge in [-0.1, -0.05) is 82.7 Å². The highest BCUT2D eigenvalue weighted by molar-refractivity contribution is 9.11. The third-order valence-electron chi connectivity index (χ3n) is 7.12. The average molecular weight is 575 g/mol. The zero-order valence-electron chi connectivity index (χ0n) is 18.4. The Morgan fingerprint density at radius 1 is 0.971 bits per heavy atom. The van der Waals surface area contributed by atoms with Crippen LogP contribution in [0.15, 0.2) is 87.8 Å². The molecule has 0 aromatic heterocycles. The normalized spacial score (nSPS) is 20.3. The first-order valence-corrected chi connectivity index (χ1v) is 12.7. The van der Waals surface area contributed by atoms with E-state index in [0.29, 0.717) is 6.42 Å². The van der Waals surface area contributed by atoms with Crippen molar-refractivity contribution in [3.63, 3.8) is 0 Å². The number of benzene rings is 4. The number of ether oxygens (including phenoxy) is 1. The maximum atomic E-state index is 13.6. The second kappa shape index (κ2) is 8.10. The van der Waals surface area contributed by atoms with Gasteiger partial charge in [-0.15, -0.1) is 0 Å². The lowest BCUT2D eigenvalue weighted by Crippen LogP contribution is -2.37. The van der Waals surface area contributed by atoms with Crippen LogP contribution in [0, 0.1) is 0 Å². The Balaban J connectivity index is 1.60. The van der Waals surface area contributed by atoms with Gasteiger partial charge in [-0.2, -0.15) is 0 Å². The van der Waals surface area contributed by atoms with Gasteiger partial charge in [0.2, 0.25) is 5.91 Å². The molecule has 0 saturated heterocycles. The standard InChI is InChI=1S/C29H21Br2NO2/c1-34-25-11-10-18(20-7-3-4-8-21(20)25)16-29(13-12-17-6-2-5-9-23(17)29)26-22-14-19(30)15-24(31)27(22)32-28(26)33/h2-15,26H,16H2,1H3,(H,32,33). The minimum atomic E-state index is -0.524. The Hall–Kier alpha value is -2.89. The summed E-state index contributed by atoms with van der Waals surface area (Å²) in [5.41, 5.74) is 4.87. The average Bonchev–Trinajstić information content (AvgIpc) is 3.37. The van der Waals surface area contributed by atoms with Crippen LogP contribution in [0.2, 0.25) is 0 Å². The molecule has 2 unspecified atom stereocenters. The number of fused-ring (bicyclic) bond motifs is 3. The van der Waals surface area contributed by atoms with Crippen LogP contribution in [0.25, 0.3) is 16.8 Å². The summed E-state index contributed by atoms with van der Waals surface area (Å²) in [4.78, 5) is 13.6. The Bertz CT molecular complexity index is 1510. The first kappa shape index (κ1) is 21.6. The molecule has 34 heavy (non-hydrogen) atoms. The maximum Gasteiger partial charge on any atom is 0.233 e. The van der Waals surface area contributed by atoms with Gasteiger partial charge in [0.1, 0.15) is 5.75 Å². The van der Waals surface area contributed by atoms with Crippen LogP contribution < -0.4 is 10.1 Å². The second-order valence-electron chi connectivity index (χ2n) is 8.88. The van der Waals surface area contributed by atoms with E-state index in [1.165, 1.54) is 11.1 Å². The summed E-state index contributed by atoms with van der Waals surface area (Å²) in [6.45, 7) is 0.